The fourth-order valence-electron chi connectivity index (χ4n) is 5.70. The van der Waals surface area contributed by atoms with Crippen LogP contribution in [0.15, 0.2) is 36.4 Å². The van der Waals surface area contributed by atoms with Crippen LogP contribution in [0.2, 0.25) is 0 Å². The van der Waals surface area contributed by atoms with Gasteiger partial charge in [0.25, 0.3) is 0 Å². The van der Waals surface area contributed by atoms with E-state index >= 15 is 0 Å². The molecule has 0 radical (unpaired) electrons. The number of anilines is 1. The third kappa shape index (κ3) is 3.87. The van der Waals surface area contributed by atoms with Gasteiger partial charge in [0, 0.05) is 24.7 Å². The lowest BCUT2D eigenvalue weighted by Gasteiger charge is -2.50. The summed E-state index contributed by atoms with van der Waals surface area (Å²) in [4.78, 5) is 5.23. The maximum Gasteiger partial charge on any atom is 0.151 e. The summed E-state index contributed by atoms with van der Waals surface area (Å²) in [5, 5.41) is 9.25. The normalized spacial score (nSPS) is 22.4. The van der Waals surface area contributed by atoms with E-state index in [9.17, 15) is 0 Å². The molecule has 0 bridgehead atoms. The van der Waals surface area contributed by atoms with Crippen molar-refractivity contribution in [3.63, 3.8) is 0 Å². The van der Waals surface area contributed by atoms with Gasteiger partial charge in [0.2, 0.25) is 0 Å². The van der Waals surface area contributed by atoms with Gasteiger partial charge >= 0.3 is 0 Å². The average Bonchev–Trinajstić information content (AvgIpc) is 2.75. The van der Waals surface area contributed by atoms with E-state index in [0.717, 1.165) is 30.6 Å². The van der Waals surface area contributed by atoms with E-state index < -0.39 is 0 Å². The van der Waals surface area contributed by atoms with E-state index in [1.54, 1.807) is 0 Å². The van der Waals surface area contributed by atoms with Crippen molar-refractivity contribution in [3.8, 4) is 11.3 Å². The summed E-state index contributed by atoms with van der Waals surface area (Å²) in [6, 6.07) is 13.8. The second kappa shape index (κ2) is 8.30. The predicted molar refractivity (Wildman–Crippen MR) is 124 cm³/mol. The highest BCUT2D eigenvalue weighted by Gasteiger charge is 2.39. The predicted octanol–water partition coefficient (Wildman–Crippen LogP) is 5.50. The summed E-state index contributed by atoms with van der Waals surface area (Å²) < 4.78 is 0. The van der Waals surface area contributed by atoms with Gasteiger partial charge in [0.05, 0.1) is 5.69 Å². The molecule has 1 aromatic carbocycles. The molecule has 1 saturated carbocycles. The van der Waals surface area contributed by atoms with E-state index in [1.807, 2.05) is 0 Å². The van der Waals surface area contributed by atoms with Gasteiger partial charge in [-0.05, 0) is 80.6 Å². The zero-order valence-electron chi connectivity index (χ0n) is 18.7. The fourth-order valence-corrected chi connectivity index (χ4v) is 5.70. The lowest BCUT2D eigenvalue weighted by molar-refractivity contribution is 0.0305. The first kappa shape index (κ1) is 20.0. The average molecular weight is 405 g/mol. The highest BCUT2D eigenvalue weighted by Crippen LogP contribution is 2.43. The molecule has 1 spiro atoms. The minimum atomic E-state index is 0.483. The molecule has 0 atom stereocenters. The van der Waals surface area contributed by atoms with Gasteiger partial charge in [0.15, 0.2) is 5.82 Å². The summed E-state index contributed by atoms with van der Waals surface area (Å²) in [6.07, 6.45) is 9.75. The molecule has 30 heavy (non-hydrogen) atoms. The summed E-state index contributed by atoms with van der Waals surface area (Å²) >= 11 is 0. The van der Waals surface area contributed by atoms with Gasteiger partial charge in [0.1, 0.15) is 0 Å². The molecule has 5 rings (SSSR count). The molecule has 4 heteroatoms. The Bertz CT molecular complexity index is 838. The molecule has 2 aromatic rings. The summed E-state index contributed by atoms with van der Waals surface area (Å²) in [5.41, 5.74) is 4.12. The first-order valence-electron chi connectivity index (χ1n) is 12.1. The smallest absolute Gasteiger partial charge is 0.151 e. The van der Waals surface area contributed by atoms with Crippen molar-refractivity contribution < 1.29 is 0 Å². The van der Waals surface area contributed by atoms with E-state index in [0.29, 0.717) is 11.3 Å². The summed E-state index contributed by atoms with van der Waals surface area (Å²) in [5.74, 6) is 1.53. The molecule has 0 unspecified atom stereocenters. The Balaban J connectivity index is 1.21. The van der Waals surface area contributed by atoms with Gasteiger partial charge in [-0.3, -0.25) is 0 Å². The molecule has 2 saturated heterocycles. The Labute approximate surface area is 181 Å². The van der Waals surface area contributed by atoms with Crippen molar-refractivity contribution in [1.29, 1.82) is 0 Å². The topological polar surface area (TPSA) is 32.3 Å². The molecule has 4 nitrogen and oxygen atoms in total. The highest BCUT2D eigenvalue weighted by molar-refractivity contribution is 5.64. The number of aromatic nitrogens is 2. The first-order chi connectivity index (χ1) is 14.6. The number of hydrogen-bond donors (Lipinski definition) is 0. The van der Waals surface area contributed by atoms with Gasteiger partial charge in [-0.1, -0.05) is 44.5 Å². The fraction of sp³-hybridized carbons (Fsp3) is 0.615. The van der Waals surface area contributed by atoms with Gasteiger partial charge in [-0.15, -0.1) is 10.2 Å². The molecule has 1 aromatic heterocycles. The maximum absolute atomic E-state index is 4.63. The first-order valence-corrected chi connectivity index (χ1v) is 12.1. The second-order valence-electron chi connectivity index (χ2n) is 10.1. The van der Waals surface area contributed by atoms with Crippen molar-refractivity contribution in [1.82, 2.24) is 15.1 Å². The zero-order chi connectivity index (χ0) is 20.6. The SMILES string of the molecule is CC(C)c1ccccc1-c1ccc(N2CCC3(CC2)CCN(C2CCC2)CC3)nn1. The minimum absolute atomic E-state index is 0.483. The molecule has 160 valence electrons. The Morgan fingerprint density at radius 1 is 0.867 bits per heavy atom. The van der Waals surface area contributed by atoms with Crippen LogP contribution in [0.5, 0.6) is 0 Å². The Hall–Kier alpha value is -1.94. The number of nitrogens with zero attached hydrogens (tertiary/aromatic N) is 4. The van der Waals surface area contributed by atoms with Crippen LogP contribution in [-0.4, -0.2) is 47.3 Å². The number of benzene rings is 1. The highest BCUT2D eigenvalue weighted by atomic mass is 15.3. The van der Waals surface area contributed by atoms with Crippen LogP contribution in [-0.2, 0) is 0 Å². The molecule has 2 aliphatic heterocycles. The van der Waals surface area contributed by atoms with Gasteiger partial charge < -0.3 is 9.80 Å². The van der Waals surface area contributed by atoms with Crippen LogP contribution >= 0.6 is 0 Å². The Kier molecular flexibility index (Phi) is 5.53. The van der Waals surface area contributed by atoms with Gasteiger partial charge in [-0.25, -0.2) is 0 Å². The van der Waals surface area contributed by atoms with Crippen LogP contribution in [0.25, 0.3) is 11.3 Å². The van der Waals surface area contributed by atoms with E-state index in [1.165, 1.54) is 69.2 Å². The number of likely N-dealkylation sites (tertiary alicyclic amines) is 1. The second-order valence-corrected chi connectivity index (χ2v) is 10.1. The van der Waals surface area contributed by atoms with Crippen LogP contribution in [0.1, 0.15) is 70.3 Å². The maximum atomic E-state index is 4.63. The quantitative estimate of drug-likeness (QED) is 0.673. The van der Waals surface area contributed by atoms with Crippen molar-refractivity contribution in [2.24, 2.45) is 5.41 Å². The molecule has 3 fully saturated rings. The van der Waals surface area contributed by atoms with Crippen molar-refractivity contribution in [2.45, 2.75) is 70.8 Å². The van der Waals surface area contributed by atoms with Gasteiger partial charge in [-0.2, -0.15) is 0 Å². The molecule has 0 amide bonds. The van der Waals surface area contributed by atoms with Crippen molar-refractivity contribution >= 4 is 5.82 Å². The number of piperidine rings is 2. The Morgan fingerprint density at radius 3 is 2.17 bits per heavy atom. The molecule has 0 N–H and O–H groups in total. The zero-order valence-corrected chi connectivity index (χ0v) is 18.7. The molecular formula is C26H36N4. The number of hydrogen-bond acceptors (Lipinski definition) is 4. The van der Waals surface area contributed by atoms with Crippen LogP contribution in [0, 0.1) is 5.41 Å². The third-order valence-corrected chi connectivity index (χ3v) is 8.11. The molecule has 3 heterocycles. The minimum Gasteiger partial charge on any atom is -0.355 e. The van der Waals surface area contributed by atoms with Crippen molar-refractivity contribution in [2.75, 3.05) is 31.1 Å². The van der Waals surface area contributed by atoms with Crippen LogP contribution < -0.4 is 4.90 Å². The third-order valence-electron chi connectivity index (χ3n) is 8.11. The molecule has 1 aliphatic carbocycles. The monoisotopic (exact) mass is 404 g/mol. The summed E-state index contributed by atoms with van der Waals surface area (Å²) in [7, 11) is 0. The Morgan fingerprint density at radius 2 is 1.57 bits per heavy atom. The molecule has 3 aliphatic rings. The van der Waals surface area contributed by atoms with E-state index in [4.69, 9.17) is 0 Å². The van der Waals surface area contributed by atoms with Crippen molar-refractivity contribution in [3.05, 3.63) is 42.0 Å². The van der Waals surface area contributed by atoms with E-state index in [-0.39, 0.29) is 0 Å². The van der Waals surface area contributed by atoms with E-state index in [2.05, 4.69) is 70.2 Å². The summed E-state index contributed by atoms with van der Waals surface area (Å²) in [6.45, 7) is 9.38. The van der Waals surface area contributed by atoms with Crippen LogP contribution in [0.4, 0.5) is 5.82 Å². The number of rotatable bonds is 4. The largest absolute Gasteiger partial charge is 0.355 e. The van der Waals surface area contributed by atoms with Crippen LogP contribution in [0.3, 0.4) is 0 Å². The lowest BCUT2D eigenvalue weighted by atomic mass is 9.70. The lowest BCUT2D eigenvalue weighted by Crippen LogP contribution is -2.51. The standard InChI is InChI=1S/C26H36N4/c1-20(2)22-8-3-4-9-23(22)24-10-11-25(28-27-24)30-18-14-26(15-19-30)12-16-29(17-13-26)21-6-5-7-21/h3-4,8-11,20-21H,5-7,12-19H2,1-2H3. The molecular weight excluding hydrogens is 368 g/mol.